The third kappa shape index (κ3) is 5.10. The van der Waals surface area contributed by atoms with Gasteiger partial charge in [0.05, 0.1) is 30.4 Å². The summed E-state index contributed by atoms with van der Waals surface area (Å²) in [5.41, 5.74) is 0.653. The molecule has 0 radical (unpaired) electrons. The largest absolute Gasteiger partial charge is 0.497 e. The quantitative estimate of drug-likeness (QED) is 0.383. The molecule has 0 aliphatic carbocycles. The molecule has 0 aliphatic heterocycles. The molecule has 7 nitrogen and oxygen atoms in total. The molecule has 0 saturated heterocycles. The van der Waals surface area contributed by atoms with Gasteiger partial charge >= 0.3 is 5.97 Å². The van der Waals surface area contributed by atoms with E-state index in [-0.39, 0.29) is 16.2 Å². The van der Waals surface area contributed by atoms with Crippen molar-refractivity contribution < 1.29 is 27.4 Å². The van der Waals surface area contributed by atoms with E-state index in [2.05, 4.69) is 0 Å². The van der Waals surface area contributed by atoms with Crippen LogP contribution in [0.3, 0.4) is 0 Å². The molecule has 0 N–H and O–H groups in total. The lowest BCUT2D eigenvalue weighted by molar-refractivity contribution is 0.0734. The van der Waals surface area contributed by atoms with E-state index in [1.54, 1.807) is 18.2 Å². The highest BCUT2D eigenvalue weighted by atomic mass is 35.5. The van der Waals surface area contributed by atoms with Crippen molar-refractivity contribution in [1.82, 2.24) is 0 Å². The first-order valence-electron chi connectivity index (χ1n) is 9.04. The molecule has 0 fully saturated rings. The fraction of sp³-hybridized carbons (Fsp3) is 0.136. The van der Waals surface area contributed by atoms with E-state index in [9.17, 15) is 13.2 Å². The topological polar surface area (TPSA) is 82.1 Å². The number of sulfonamides is 1. The lowest BCUT2D eigenvalue weighted by Crippen LogP contribution is -2.26. The Bertz CT molecular complexity index is 1160. The molecule has 0 aromatic heterocycles. The molecule has 162 valence electrons. The smallest absolute Gasteiger partial charge is 0.343 e. The van der Waals surface area contributed by atoms with Crippen LogP contribution < -0.4 is 18.5 Å². The number of carbonyl (C=O) groups is 1. The summed E-state index contributed by atoms with van der Waals surface area (Å²) in [6.07, 6.45) is 0. The zero-order chi connectivity index (χ0) is 22.6. The van der Waals surface area contributed by atoms with Crippen LogP contribution >= 0.6 is 11.6 Å². The fourth-order valence-corrected chi connectivity index (χ4v) is 4.04. The van der Waals surface area contributed by atoms with Gasteiger partial charge in [0.2, 0.25) is 0 Å². The highest BCUT2D eigenvalue weighted by Crippen LogP contribution is 2.27. The van der Waals surface area contributed by atoms with Crippen LogP contribution in [0.1, 0.15) is 10.4 Å². The molecule has 3 rings (SSSR count). The van der Waals surface area contributed by atoms with Gasteiger partial charge in [-0.25, -0.2) is 13.2 Å². The predicted octanol–water partition coefficient (Wildman–Crippen LogP) is 4.40. The van der Waals surface area contributed by atoms with Crippen molar-refractivity contribution in [1.29, 1.82) is 0 Å². The maximum Gasteiger partial charge on any atom is 0.343 e. The number of methoxy groups -OCH3 is 2. The number of ether oxygens (including phenoxy) is 3. The summed E-state index contributed by atoms with van der Waals surface area (Å²) in [7, 11) is 0.641. The molecular weight excluding hydrogens is 442 g/mol. The molecule has 9 heteroatoms. The van der Waals surface area contributed by atoms with E-state index in [0.29, 0.717) is 22.2 Å². The Kier molecular flexibility index (Phi) is 6.72. The number of hydrogen-bond donors (Lipinski definition) is 0. The van der Waals surface area contributed by atoms with Gasteiger partial charge in [0, 0.05) is 18.1 Å². The normalized spacial score (nSPS) is 11.0. The minimum Gasteiger partial charge on any atom is -0.497 e. The molecule has 0 bridgehead atoms. The Morgan fingerprint density at radius 1 is 0.839 bits per heavy atom. The van der Waals surface area contributed by atoms with Gasteiger partial charge in [-0.3, -0.25) is 4.31 Å². The van der Waals surface area contributed by atoms with Crippen molar-refractivity contribution in [3.8, 4) is 17.2 Å². The Morgan fingerprint density at radius 3 is 1.90 bits per heavy atom. The van der Waals surface area contributed by atoms with Gasteiger partial charge in [0.15, 0.2) is 0 Å². The molecule has 3 aromatic rings. The van der Waals surface area contributed by atoms with Gasteiger partial charge in [0.25, 0.3) is 10.0 Å². The Balaban J connectivity index is 1.77. The highest BCUT2D eigenvalue weighted by molar-refractivity contribution is 7.92. The highest BCUT2D eigenvalue weighted by Gasteiger charge is 2.21. The minimum atomic E-state index is -3.76. The number of rotatable bonds is 7. The molecule has 0 heterocycles. The standard InChI is InChI=1S/C22H20ClNO6S/c1-24(31(26,27)21-10-4-16(23)5-11-21)17-6-8-18(9-7-17)30-22(25)15-12-19(28-2)14-20(13-15)29-3/h4-14H,1-3H3. The summed E-state index contributed by atoms with van der Waals surface area (Å²) in [6.45, 7) is 0. The number of esters is 1. The van der Waals surface area contributed by atoms with E-state index in [0.717, 1.165) is 4.31 Å². The molecule has 0 aliphatic rings. The van der Waals surface area contributed by atoms with Crippen LogP contribution in [0.2, 0.25) is 5.02 Å². The first-order chi connectivity index (χ1) is 14.7. The van der Waals surface area contributed by atoms with Crippen LogP contribution in [-0.4, -0.2) is 35.7 Å². The van der Waals surface area contributed by atoms with Gasteiger partial charge < -0.3 is 14.2 Å². The molecule has 0 saturated carbocycles. The van der Waals surface area contributed by atoms with Crippen LogP contribution in [0.5, 0.6) is 17.2 Å². The van der Waals surface area contributed by atoms with Gasteiger partial charge in [-0.05, 0) is 60.7 Å². The third-order valence-corrected chi connectivity index (χ3v) is 6.52. The Morgan fingerprint density at radius 2 is 1.39 bits per heavy atom. The number of nitrogens with zero attached hydrogens (tertiary/aromatic N) is 1. The first-order valence-corrected chi connectivity index (χ1v) is 10.9. The summed E-state index contributed by atoms with van der Waals surface area (Å²) < 4.78 is 42.4. The maximum atomic E-state index is 12.8. The van der Waals surface area contributed by atoms with Crippen LogP contribution in [0.25, 0.3) is 0 Å². The van der Waals surface area contributed by atoms with Crippen molar-refractivity contribution in [3.63, 3.8) is 0 Å². The average molecular weight is 462 g/mol. The van der Waals surface area contributed by atoms with Crippen molar-refractivity contribution in [2.45, 2.75) is 4.90 Å². The van der Waals surface area contributed by atoms with Crippen LogP contribution in [0, 0.1) is 0 Å². The summed E-state index contributed by atoms with van der Waals surface area (Å²) in [5, 5.41) is 0.446. The average Bonchev–Trinajstić information content (AvgIpc) is 2.78. The van der Waals surface area contributed by atoms with Crippen LogP contribution in [0.15, 0.2) is 71.6 Å². The first kappa shape index (κ1) is 22.5. The summed E-state index contributed by atoms with van der Waals surface area (Å²) in [5.74, 6) is 0.561. The predicted molar refractivity (Wildman–Crippen MR) is 118 cm³/mol. The third-order valence-electron chi connectivity index (χ3n) is 4.47. The van der Waals surface area contributed by atoms with Gasteiger partial charge in [-0.2, -0.15) is 0 Å². The zero-order valence-corrected chi connectivity index (χ0v) is 18.6. The second-order valence-electron chi connectivity index (χ2n) is 6.41. The van der Waals surface area contributed by atoms with Gasteiger partial charge in [-0.1, -0.05) is 11.6 Å². The molecule has 3 aromatic carbocycles. The van der Waals surface area contributed by atoms with E-state index in [1.165, 1.54) is 69.8 Å². The molecular formula is C22H20ClNO6S. The number of carbonyl (C=O) groups excluding carboxylic acids is 1. The number of benzene rings is 3. The van der Waals surface area contributed by atoms with Crippen molar-refractivity contribution in [2.24, 2.45) is 0 Å². The lowest BCUT2D eigenvalue weighted by Gasteiger charge is -2.19. The summed E-state index contributed by atoms with van der Waals surface area (Å²) in [4.78, 5) is 12.6. The maximum absolute atomic E-state index is 12.8. The van der Waals surface area contributed by atoms with E-state index < -0.39 is 16.0 Å². The number of anilines is 1. The monoisotopic (exact) mass is 461 g/mol. The lowest BCUT2D eigenvalue weighted by atomic mass is 10.2. The van der Waals surface area contributed by atoms with Crippen molar-refractivity contribution in [2.75, 3.05) is 25.6 Å². The van der Waals surface area contributed by atoms with E-state index in [1.807, 2.05) is 0 Å². The van der Waals surface area contributed by atoms with Crippen molar-refractivity contribution in [3.05, 3.63) is 77.3 Å². The van der Waals surface area contributed by atoms with Crippen LogP contribution in [-0.2, 0) is 10.0 Å². The number of halogens is 1. The molecule has 0 unspecified atom stereocenters. The molecule has 0 spiro atoms. The SMILES string of the molecule is COc1cc(OC)cc(C(=O)Oc2ccc(N(C)S(=O)(=O)c3ccc(Cl)cc3)cc2)c1. The molecule has 0 atom stereocenters. The molecule has 0 amide bonds. The van der Waals surface area contributed by atoms with E-state index in [4.69, 9.17) is 25.8 Å². The van der Waals surface area contributed by atoms with E-state index >= 15 is 0 Å². The Labute approximate surface area is 185 Å². The van der Waals surface area contributed by atoms with Gasteiger partial charge in [-0.15, -0.1) is 0 Å². The van der Waals surface area contributed by atoms with Crippen LogP contribution in [0.4, 0.5) is 5.69 Å². The second kappa shape index (κ2) is 9.28. The minimum absolute atomic E-state index is 0.113. The molecule has 31 heavy (non-hydrogen) atoms. The fourth-order valence-electron chi connectivity index (χ4n) is 2.72. The Hall–Kier alpha value is -3.23. The summed E-state index contributed by atoms with van der Waals surface area (Å²) >= 11 is 5.83. The van der Waals surface area contributed by atoms with Crippen molar-refractivity contribution >= 4 is 33.3 Å². The zero-order valence-electron chi connectivity index (χ0n) is 17.0. The summed E-state index contributed by atoms with van der Waals surface area (Å²) in [6, 6.07) is 16.7. The second-order valence-corrected chi connectivity index (χ2v) is 8.82. The van der Waals surface area contributed by atoms with Gasteiger partial charge in [0.1, 0.15) is 17.2 Å². The number of hydrogen-bond acceptors (Lipinski definition) is 6.